The number of nitrogens with zero attached hydrogens (tertiary/aromatic N) is 2. The van der Waals surface area contributed by atoms with Crippen LogP contribution in [-0.2, 0) is 4.79 Å². The number of hydrogen-bond acceptors (Lipinski definition) is 4. The van der Waals surface area contributed by atoms with E-state index in [1.807, 2.05) is 32.8 Å². The van der Waals surface area contributed by atoms with Crippen molar-refractivity contribution in [2.75, 3.05) is 33.7 Å². The highest BCUT2D eigenvalue weighted by atomic mass is 16.2. The summed E-state index contributed by atoms with van der Waals surface area (Å²) in [6, 6.07) is 2.17. The second kappa shape index (κ2) is 8.06. The number of hydrogen-bond donors (Lipinski definition) is 2. The van der Waals surface area contributed by atoms with E-state index in [1.165, 1.54) is 0 Å². The maximum absolute atomic E-state index is 11.8. The van der Waals surface area contributed by atoms with Crippen molar-refractivity contribution < 1.29 is 4.79 Å². The number of rotatable bonds is 8. The van der Waals surface area contributed by atoms with Crippen LogP contribution in [0.1, 0.15) is 27.2 Å². The zero-order chi connectivity index (χ0) is 14.2. The van der Waals surface area contributed by atoms with E-state index in [1.54, 1.807) is 6.92 Å². The fourth-order valence-corrected chi connectivity index (χ4v) is 1.48. The SMILES string of the molecule is CNCCCN(C)CC(=O)NC(C)(C#N)C(C)C. The summed E-state index contributed by atoms with van der Waals surface area (Å²) in [5.41, 5.74) is -0.789. The zero-order valence-corrected chi connectivity index (χ0v) is 12.2. The minimum absolute atomic E-state index is 0.0843. The highest BCUT2D eigenvalue weighted by Crippen LogP contribution is 2.14. The molecule has 0 aliphatic heterocycles. The topological polar surface area (TPSA) is 68.2 Å². The first-order chi connectivity index (χ1) is 8.35. The lowest BCUT2D eigenvalue weighted by Gasteiger charge is -2.28. The van der Waals surface area contributed by atoms with Crippen LogP contribution in [0.15, 0.2) is 0 Å². The van der Waals surface area contributed by atoms with Crippen LogP contribution in [0, 0.1) is 17.2 Å². The Bertz CT molecular complexity index is 298. The molecule has 0 aliphatic rings. The molecule has 0 spiro atoms. The first kappa shape index (κ1) is 16.9. The van der Waals surface area contributed by atoms with Gasteiger partial charge in [-0.3, -0.25) is 9.69 Å². The maximum Gasteiger partial charge on any atom is 0.235 e. The van der Waals surface area contributed by atoms with Gasteiger partial charge in [0.15, 0.2) is 0 Å². The van der Waals surface area contributed by atoms with Gasteiger partial charge in [0.05, 0.1) is 12.6 Å². The molecular formula is C13H26N4O. The summed E-state index contributed by atoms with van der Waals surface area (Å²) in [6.45, 7) is 7.75. The predicted molar refractivity (Wildman–Crippen MR) is 73.0 cm³/mol. The quantitative estimate of drug-likeness (QED) is 0.622. The third kappa shape index (κ3) is 5.99. The van der Waals surface area contributed by atoms with Crippen LogP contribution in [0.3, 0.4) is 0 Å². The number of nitriles is 1. The Morgan fingerprint density at radius 2 is 2.11 bits per heavy atom. The molecule has 0 saturated heterocycles. The van der Waals surface area contributed by atoms with E-state index in [0.29, 0.717) is 6.54 Å². The molecular weight excluding hydrogens is 228 g/mol. The van der Waals surface area contributed by atoms with Crippen molar-refractivity contribution >= 4 is 5.91 Å². The standard InChI is InChI=1S/C13H26N4O/c1-11(2)13(3,10-14)16-12(18)9-17(5)8-6-7-15-4/h11,15H,6-9H2,1-5H3,(H,16,18). The summed E-state index contributed by atoms with van der Waals surface area (Å²) >= 11 is 0. The molecule has 0 heterocycles. The molecule has 0 aromatic heterocycles. The Hall–Kier alpha value is -1.12. The van der Waals surface area contributed by atoms with Crippen LogP contribution in [-0.4, -0.2) is 50.1 Å². The molecule has 5 nitrogen and oxygen atoms in total. The number of nitrogens with one attached hydrogen (secondary N) is 2. The lowest BCUT2D eigenvalue weighted by atomic mass is 9.90. The molecule has 0 saturated carbocycles. The minimum atomic E-state index is -0.789. The summed E-state index contributed by atoms with van der Waals surface area (Å²) in [4.78, 5) is 13.8. The summed E-state index contributed by atoms with van der Waals surface area (Å²) in [5, 5.41) is 15.0. The summed E-state index contributed by atoms with van der Waals surface area (Å²) in [7, 11) is 3.82. The second-order valence-electron chi connectivity index (χ2n) is 5.21. The van der Waals surface area contributed by atoms with Crippen LogP contribution >= 0.6 is 0 Å². The average Bonchev–Trinajstić information content (AvgIpc) is 2.28. The van der Waals surface area contributed by atoms with Crippen molar-refractivity contribution in [2.45, 2.75) is 32.7 Å². The third-order valence-electron chi connectivity index (χ3n) is 3.17. The molecule has 0 bridgehead atoms. The first-order valence-corrected chi connectivity index (χ1v) is 6.41. The highest BCUT2D eigenvalue weighted by Gasteiger charge is 2.29. The van der Waals surface area contributed by atoms with Gasteiger partial charge >= 0.3 is 0 Å². The smallest absolute Gasteiger partial charge is 0.235 e. The van der Waals surface area contributed by atoms with Gasteiger partial charge in [0.2, 0.25) is 5.91 Å². The van der Waals surface area contributed by atoms with E-state index in [-0.39, 0.29) is 11.8 Å². The Kier molecular flexibility index (Phi) is 7.56. The van der Waals surface area contributed by atoms with Crippen molar-refractivity contribution in [1.82, 2.24) is 15.5 Å². The molecule has 0 fully saturated rings. The molecule has 2 N–H and O–H groups in total. The molecule has 0 radical (unpaired) electrons. The van der Waals surface area contributed by atoms with Gasteiger partial charge < -0.3 is 10.6 Å². The second-order valence-corrected chi connectivity index (χ2v) is 5.21. The number of amides is 1. The van der Waals surface area contributed by atoms with Crippen molar-refractivity contribution in [3.8, 4) is 6.07 Å². The predicted octanol–water partition coefficient (Wildman–Crippen LogP) is 0.582. The van der Waals surface area contributed by atoms with Gasteiger partial charge in [-0.2, -0.15) is 5.26 Å². The van der Waals surface area contributed by atoms with E-state index in [4.69, 9.17) is 5.26 Å². The molecule has 104 valence electrons. The van der Waals surface area contributed by atoms with Crippen LogP contribution in [0.2, 0.25) is 0 Å². The molecule has 18 heavy (non-hydrogen) atoms. The summed E-state index contributed by atoms with van der Waals surface area (Å²) in [5.74, 6) is -0.0132. The van der Waals surface area contributed by atoms with Crippen LogP contribution < -0.4 is 10.6 Å². The van der Waals surface area contributed by atoms with Crippen LogP contribution in [0.25, 0.3) is 0 Å². The van der Waals surface area contributed by atoms with Crippen LogP contribution in [0.5, 0.6) is 0 Å². The van der Waals surface area contributed by atoms with Gasteiger partial charge in [-0.25, -0.2) is 0 Å². The molecule has 1 unspecified atom stereocenters. The van der Waals surface area contributed by atoms with Gasteiger partial charge in [0.1, 0.15) is 5.54 Å². The molecule has 0 aromatic carbocycles. The first-order valence-electron chi connectivity index (χ1n) is 6.41. The van der Waals surface area contributed by atoms with E-state index < -0.39 is 5.54 Å². The molecule has 1 amide bonds. The Morgan fingerprint density at radius 3 is 2.56 bits per heavy atom. The van der Waals surface area contributed by atoms with Crippen molar-refractivity contribution in [3.63, 3.8) is 0 Å². The van der Waals surface area contributed by atoms with Gasteiger partial charge in [-0.05, 0) is 46.4 Å². The van der Waals surface area contributed by atoms with Gasteiger partial charge in [-0.1, -0.05) is 13.8 Å². The van der Waals surface area contributed by atoms with E-state index in [0.717, 1.165) is 19.5 Å². The van der Waals surface area contributed by atoms with Crippen molar-refractivity contribution in [1.29, 1.82) is 5.26 Å². The molecule has 1 atom stereocenters. The van der Waals surface area contributed by atoms with Crippen LogP contribution in [0.4, 0.5) is 0 Å². The lowest BCUT2D eigenvalue weighted by Crippen LogP contribution is -2.51. The largest absolute Gasteiger partial charge is 0.337 e. The Morgan fingerprint density at radius 1 is 1.50 bits per heavy atom. The molecule has 0 aromatic rings. The normalized spacial score (nSPS) is 14.3. The highest BCUT2D eigenvalue weighted by molar-refractivity contribution is 5.79. The van der Waals surface area contributed by atoms with Gasteiger partial charge in [0, 0.05) is 0 Å². The van der Waals surface area contributed by atoms with Crippen molar-refractivity contribution in [2.24, 2.45) is 5.92 Å². The van der Waals surface area contributed by atoms with Gasteiger partial charge in [0.25, 0.3) is 0 Å². The monoisotopic (exact) mass is 254 g/mol. The number of carbonyl (C=O) groups is 1. The Balaban J connectivity index is 4.14. The summed E-state index contributed by atoms with van der Waals surface area (Å²) in [6.07, 6.45) is 1.000. The lowest BCUT2D eigenvalue weighted by molar-refractivity contribution is -0.123. The van der Waals surface area contributed by atoms with Crippen molar-refractivity contribution in [3.05, 3.63) is 0 Å². The molecule has 0 aliphatic carbocycles. The number of carbonyl (C=O) groups excluding carboxylic acids is 1. The average molecular weight is 254 g/mol. The Labute approximate surface area is 111 Å². The van der Waals surface area contributed by atoms with E-state index in [2.05, 4.69) is 16.7 Å². The maximum atomic E-state index is 11.8. The third-order valence-corrected chi connectivity index (χ3v) is 3.17. The summed E-state index contributed by atoms with van der Waals surface area (Å²) < 4.78 is 0. The minimum Gasteiger partial charge on any atom is -0.337 e. The van der Waals surface area contributed by atoms with E-state index >= 15 is 0 Å². The number of likely N-dealkylation sites (N-methyl/N-ethyl adjacent to an activating group) is 1. The fraction of sp³-hybridized carbons (Fsp3) is 0.846. The fourth-order valence-electron chi connectivity index (χ4n) is 1.48. The molecule has 5 heteroatoms. The molecule has 0 rings (SSSR count). The zero-order valence-electron chi connectivity index (χ0n) is 12.2. The van der Waals surface area contributed by atoms with Gasteiger partial charge in [-0.15, -0.1) is 0 Å². The van der Waals surface area contributed by atoms with E-state index in [9.17, 15) is 4.79 Å².